The molecule has 1 unspecified atom stereocenters. The summed E-state index contributed by atoms with van der Waals surface area (Å²) in [6.45, 7) is 2.15. The zero-order valence-electron chi connectivity index (χ0n) is 11.9. The SMILES string of the molecule is Oc1ccc(C2CNCCc3c2cc2c(c3Cl)OOC2)cc1. The Hall–Kier alpha value is -1.75. The van der Waals surface area contributed by atoms with Gasteiger partial charge >= 0.3 is 0 Å². The largest absolute Gasteiger partial charge is 0.508 e. The van der Waals surface area contributed by atoms with Crippen LogP contribution < -0.4 is 10.2 Å². The molecule has 0 aliphatic carbocycles. The number of aromatic hydroxyl groups is 1. The number of fused-ring (bicyclic) bond motifs is 2. The van der Waals surface area contributed by atoms with E-state index in [1.807, 2.05) is 12.1 Å². The zero-order chi connectivity index (χ0) is 15.1. The normalized spacial score (nSPS) is 20.0. The van der Waals surface area contributed by atoms with E-state index < -0.39 is 0 Å². The van der Waals surface area contributed by atoms with E-state index in [1.54, 1.807) is 12.1 Å². The minimum Gasteiger partial charge on any atom is -0.508 e. The summed E-state index contributed by atoms with van der Waals surface area (Å²) in [7, 11) is 0. The Bertz CT molecular complexity index is 715. The smallest absolute Gasteiger partial charge is 0.189 e. The van der Waals surface area contributed by atoms with Crippen LogP contribution in [0.15, 0.2) is 30.3 Å². The standard InChI is InChI=1S/C17H16ClNO3/c18-16-13-5-6-19-8-15(10-1-3-12(20)4-2-10)14(13)7-11-9-21-22-17(11)16/h1-4,7,15,19-20H,5-6,8-9H2. The molecule has 4 rings (SSSR count). The highest BCUT2D eigenvalue weighted by molar-refractivity contribution is 6.33. The van der Waals surface area contributed by atoms with E-state index in [0.29, 0.717) is 17.4 Å². The molecule has 0 radical (unpaired) electrons. The van der Waals surface area contributed by atoms with Crippen LogP contribution in [0.1, 0.15) is 28.2 Å². The van der Waals surface area contributed by atoms with Crippen LogP contribution >= 0.6 is 11.6 Å². The number of halogens is 1. The summed E-state index contributed by atoms with van der Waals surface area (Å²) in [5, 5.41) is 13.6. The molecule has 2 aromatic rings. The minimum absolute atomic E-state index is 0.196. The molecule has 2 heterocycles. The fraction of sp³-hybridized carbons (Fsp3) is 0.294. The third kappa shape index (κ3) is 2.24. The fourth-order valence-electron chi connectivity index (χ4n) is 3.23. The summed E-state index contributed by atoms with van der Waals surface area (Å²) in [4.78, 5) is 10.3. The molecule has 22 heavy (non-hydrogen) atoms. The molecular weight excluding hydrogens is 302 g/mol. The zero-order valence-corrected chi connectivity index (χ0v) is 12.7. The van der Waals surface area contributed by atoms with Crippen molar-refractivity contribution in [3.8, 4) is 11.5 Å². The molecule has 2 N–H and O–H groups in total. The highest BCUT2D eigenvalue weighted by Gasteiger charge is 2.28. The molecule has 4 nitrogen and oxygen atoms in total. The number of phenolic OH excluding ortho intramolecular Hbond substituents is 1. The second kappa shape index (κ2) is 5.47. The van der Waals surface area contributed by atoms with E-state index >= 15 is 0 Å². The van der Waals surface area contributed by atoms with Gasteiger partial charge in [0.1, 0.15) is 12.4 Å². The molecule has 0 bridgehead atoms. The average Bonchev–Trinajstić information content (AvgIpc) is 2.89. The van der Waals surface area contributed by atoms with Crippen molar-refractivity contribution in [2.45, 2.75) is 18.9 Å². The number of phenols is 1. The van der Waals surface area contributed by atoms with Crippen LogP contribution in [-0.2, 0) is 17.9 Å². The third-order valence-electron chi connectivity index (χ3n) is 4.36. The molecule has 5 heteroatoms. The van der Waals surface area contributed by atoms with Crippen LogP contribution in [0.25, 0.3) is 0 Å². The Balaban J connectivity index is 1.86. The van der Waals surface area contributed by atoms with Crippen LogP contribution in [0, 0.1) is 0 Å². The molecular formula is C17H16ClNO3. The van der Waals surface area contributed by atoms with Gasteiger partial charge in [0.05, 0.1) is 5.02 Å². The van der Waals surface area contributed by atoms with Crippen molar-refractivity contribution >= 4 is 11.6 Å². The molecule has 0 amide bonds. The number of rotatable bonds is 1. The number of benzene rings is 2. The van der Waals surface area contributed by atoms with E-state index in [0.717, 1.165) is 36.2 Å². The number of hydrogen-bond donors (Lipinski definition) is 2. The van der Waals surface area contributed by atoms with E-state index in [2.05, 4.69) is 11.4 Å². The predicted molar refractivity (Wildman–Crippen MR) is 83.4 cm³/mol. The van der Waals surface area contributed by atoms with Gasteiger partial charge in [0.2, 0.25) is 0 Å². The molecule has 114 valence electrons. The molecule has 1 atom stereocenters. The average molecular weight is 318 g/mol. The fourth-order valence-corrected chi connectivity index (χ4v) is 3.59. The molecule has 0 aromatic heterocycles. The van der Waals surface area contributed by atoms with Crippen LogP contribution in [0.4, 0.5) is 0 Å². The Morgan fingerprint density at radius 1 is 1.23 bits per heavy atom. The van der Waals surface area contributed by atoms with Crippen LogP contribution in [0.3, 0.4) is 0 Å². The highest BCUT2D eigenvalue weighted by Crippen LogP contribution is 2.43. The first-order valence-electron chi connectivity index (χ1n) is 7.37. The summed E-state index contributed by atoms with van der Waals surface area (Å²) < 4.78 is 0. The highest BCUT2D eigenvalue weighted by atomic mass is 35.5. The summed E-state index contributed by atoms with van der Waals surface area (Å²) >= 11 is 6.55. The first-order chi connectivity index (χ1) is 10.7. The van der Waals surface area contributed by atoms with Gasteiger partial charge in [0.15, 0.2) is 5.75 Å². The maximum Gasteiger partial charge on any atom is 0.189 e. The van der Waals surface area contributed by atoms with Gasteiger partial charge in [-0.3, -0.25) is 0 Å². The first kappa shape index (κ1) is 13.9. The second-order valence-corrected chi connectivity index (χ2v) is 6.07. The van der Waals surface area contributed by atoms with Crippen molar-refractivity contribution in [2.24, 2.45) is 0 Å². The lowest BCUT2D eigenvalue weighted by molar-refractivity contribution is -0.194. The molecule has 0 saturated heterocycles. The van der Waals surface area contributed by atoms with E-state index in [-0.39, 0.29) is 11.7 Å². The molecule has 0 saturated carbocycles. The van der Waals surface area contributed by atoms with E-state index in [1.165, 1.54) is 5.56 Å². The Morgan fingerprint density at radius 3 is 2.86 bits per heavy atom. The van der Waals surface area contributed by atoms with E-state index in [9.17, 15) is 5.11 Å². The lowest BCUT2D eigenvalue weighted by atomic mass is 9.86. The van der Waals surface area contributed by atoms with Crippen molar-refractivity contribution in [1.29, 1.82) is 0 Å². The number of nitrogens with one attached hydrogen (secondary N) is 1. The topological polar surface area (TPSA) is 50.7 Å². The van der Waals surface area contributed by atoms with Crippen molar-refractivity contribution < 1.29 is 14.9 Å². The summed E-state index contributed by atoms with van der Waals surface area (Å²) in [5.41, 5.74) is 4.49. The van der Waals surface area contributed by atoms with E-state index in [4.69, 9.17) is 21.4 Å². The molecule has 0 spiro atoms. The van der Waals surface area contributed by atoms with Gasteiger partial charge in [-0.15, -0.1) is 0 Å². The molecule has 2 aromatic carbocycles. The molecule has 2 aliphatic rings. The Morgan fingerprint density at radius 2 is 2.05 bits per heavy atom. The van der Waals surface area contributed by atoms with Crippen molar-refractivity contribution in [3.05, 3.63) is 57.6 Å². The lowest BCUT2D eigenvalue weighted by Crippen LogP contribution is -2.20. The van der Waals surface area contributed by atoms with Gasteiger partial charge < -0.3 is 15.3 Å². The number of hydrogen-bond acceptors (Lipinski definition) is 4. The van der Waals surface area contributed by atoms with Crippen molar-refractivity contribution in [3.63, 3.8) is 0 Å². The monoisotopic (exact) mass is 317 g/mol. The van der Waals surface area contributed by atoms with Gasteiger partial charge in [0, 0.05) is 18.0 Å². The molecule has 0 fully saturated rings. The van der Waals surface area contributed by atoms with Crippen LogP contribution in [0.5, 0.6) is 11.5 Å². The maximum absolute atomic E-state index is 9.51. The minimum atomic E-state index is 0.196. The van der Waals surface area contributed by atoms with Crippen molar-refractivity contribution in [2.75, 3.05) is 13.1 Å². The Kier molecular flexibility index (Phi) is 3.45. The van der Waals surface area contributed by atoms with Gasteiger partial charge in [-0.25, -0.2) is 0 Å². The molecule has 2 aliphatic heterocycles. The van der Waals surface area contributed by atoms with Gasteiger partial charge in [-0.2, -0.15) is 4.89 Å². The van der Waals surface area contributed by atoms with Gasteiger partial charge in [-0.1, -0.05) is 23.7 Å². The maximum atomic E-state index is 9.51. The summed E-state index contributed by atoms with van der Waals surface area (Å²) in [5.74, 6) is 1.13. The predicted octanol–water partition coefficient (Wildman–Crippen LogP) is 3.15. The van der Waals surface area contributed by atoms with Gasteiger partial charge in [-0.05, 0) is 47.9 Å². The lowest BCUT2D eigenvalue weighted by Gasteiger charge is -2.20. The summed E-state index contributed by atoms with van der Waals surface area (Å²) in [6, 6.07) is 9.52. The quantitative estimate of drug-likeness (QED) is 0.793. The third-order valence-corrected chi connectivity index (χ3v) is 4.76. The first-order valence-corrected chi connectivity index (χ1v) is 7.75. The van der Waals surface area contributed by atoms with Crippen LogP contribution in [-0.4, -0.2) is 18.2 Å². The van der Waals surface area contributed by atoms with Gasteiger partial charge in [0.25, 0.3) is 0 Å². The van der Waals surface area contributed by atoms with Crippen LogP contribution in [0.2, 0.25) is 5.02 Å². The van der Waals surface area contributed by atoms with Crippen molar-refractivity contribution in [1.82, 2.24) is 5.32 Å². The second-order valence-electron chi connectivity index (χ2n) is 5.69. The Labute approximate surface area is 133 Å². The summed E-state index contributed by atoms with van der Waals surface area (Å²) in [6.07, 6.45) is 0.861.